The fourth-order valence-electron chi connectivity index (χ4n) is 0.749. The van der Waals surface area contributed by atoms with Gasteiger partial charge in [0.1, 0.15) is 0 Å². The highest BCUT2D eigenvalue weighted by molar-refractivity contribution is 7.09. The van der Waals surface area contributed by atoms with Crippen LogP contribution in [0.4, 0.5) is 0 Å². The molecule has 11 heavy (non-hydrogen) atoms. The molecule has 0 radical (unpaired) electrons. The van der Waals surface area contributed by atoms with Gasteiger partial charge in [0.2, 0.25) is 0 Å². The maximum Gasteiger partial charge on any atom is 0.307 e. The van der Waals surface area contributed by atoms with Gasteiger partial charge < -0.3 is 9.30 Å². The van der Waals surface area contributed by atoms with Crippen LogP contribution in [0.3, 0.4) is 0 Å². The van der Waals surface area contributed by atoms with Crippen molar-refractivity contribution in [2.45, 2.75) is 13.5 Å². The highest BCUT2D eigenvalue weighted by Gasteiger charge is 1.98. The lowest BCUT2D eigenvalue weighted by atomic mass is 10.6. The summed E-state index contributed by atoms with van der Waals surface area (Å²) in [7, 11) is 1.74. The summed E-state index contributed by atoms with van der Waals surface area (Å²) in [6.07, 6.45) is 1.81. The van der Waals surface area contributed by atoms with E-state index >= 15 is 0 Å². The first-order valence-corrected chi connectivity index (χ1v) is 4.28. The van der Waals surface area contributed by atoms with Crippen LogP contribution in [0, 0.1) is 0 Å². The predicted molar refractivity (Wildman–Crippen MR) is 44.9 cm³/mol. The second-order valence-corrected chi connectivity index (χ2v) is 3.29. The van der Waals surface area contributed by atoms with E-state index in [9.17, 15) is 4.79 Å². The molecule has 4 heteroatoms. The van der Waals surface area contributed by atoms with Gasteiger partial charge in [0.05, 0.1) is 11.5 Å². The summed E-state index contributed by atoms with van der Waals surface area (Å²) in [5, 5.41) is 0. The Morgan fingerprint density at radius 3 is 2.91 bits per heavy atom. The number of hydrogen-bond acceptors (Lipinski definition) is 3. The third-order valence-electron chi connectivity index (χ3n) is 1.29. The molecule has 1 rings (SSSR count). The van der Waals surface area contributed by atoms with Crippen molar-refractivity contribution in [1.29, 1.82) is 0 Å². The molecule has 1 aromatic heterocycles. The van der Waals surface area contributed by atoms with Crippen LogP contribution < -0.4 is 4.87 Å². The molecule has 0 saturated carbocycles. The van der Waals surface area contributed by atoms with Crippen molar-refractivity contribution in [3.05, 3.63) is 20.7 Å². The molecule has 62 valence electrons. The fourth-order valence-corrected chi connectivity index (χ4v) is 1.52. The minimum Gasteiger partial charge on any atom is -0.376 e. The summed E-state index contributed by atoms with van der Waals surface area (Å²) in [6, 6.07) is 0. The topological polar surface area (TPSA) is 31.2 Å². The van der Waals surface area contributed by atoms with Gasteiger partial charge >= 0.3 is 4.87 Å². The Morgan fingerprint density at radius 1 is 1.73 bits per heavy atom. The maximum absolute atomic E-state index is 10.9. The third-order valence-corrected chi connectivity index (χ3v) is 2.24. The Balaban J connectivity index is 2.65. The van der Waals surface area contributed by atoms with E-state index in [-0.39, 0.29) is 4.87 Å². The molecule has 0 saturated heterocycles. The van der Waals surface area contributed by atoms with Crippen molar-refractivity contribution >= 4 is 11.3 Å². The summed E-state index contributed by atoms with van der Waals surface area (Å²) in [4.78, 5) is 12.0. The van der Waals surface area contributed by atoms with Crippen LogP contribution >= 0.6 is 11.3 Å². The molecule has 1 aromatic rings. The highest BCUT2D eigenvalue weighted by atomic mass is 32.1. The standard InChI is InChI=1S/C7H11NO2S/c1-3-10-5-6-4-8(2)7(9)11-6/h4H,3,5H2,1-2H3. The molecule has 0 bridgehead atoms. The minimum absolute atomic E-state index is 0.0692. The number of hydrogen-bond donors (Lipinski definition) is 0. The van der Waals surface area contributed by atoms with Crippen LogP contribution in [0.5, 0.6) is 0 Å². The first kappa shape index (κ1) is 8.49. The Kier molecular flexibility index (Phi) is 2.84. The van der Waals surface area contributed by atoms with E-state index in [0.29, 0.717) is 13.2 Å². The average molecular weight is 173 g/mol. The lowest BCUT2D eigenvalue weighted by molar-refractivity contribution is 0.136. The molecular weight excluding hydrogens is 162 g/mol. The number of nitrogens with zero attached hydrogens (tertiary/aromatic N) is 1. The van der Waals surface area contributed by atoms with Crippen LogP contribution in [0.2, 0.25) is 0 Å². The van der Waals surface area contributed by atoms with E-state index in [0.717, 1.165) is 4.88 Å². The molecule has 0 atom stereocenters. The zero-order valence-electron chi connectivity index (χ0n) is 6.66. The zero-order chi connectivity index (χ0) is 8.27. The van der Waals surface area contributed by atoms with E-state index < -0.39 is 0 Å². The molecule has 0 fully saturated rings. The molecule has 0 unspecified atom stereocenters. The number of aryl methyl sites for hydroxylation is 1. The van der Waals surface area contributed by atoms with Crippen molar-refractivity contribution in [3.8, 4) is 0 Å². The van der Waals surface area contributed by atoms with Gasteiger partial charge in [0, 0.05) is 19.9 Å². The summed E-state index contributed by atoms with van der Waals surface area (Å²) >= 11 is 1.24. The van der Waals surface area contributed by atoms with Crippen LogP contribution in [-0.4, -0.2) is 11.2 Å². The summed E-state index contributed by atoms with van der Waals surface area (Å²) < 4.78 is 6.71. The molecule has 1 heterocycles. The third kappa shape index (κ3) is 2.17. The van der Waals surface area contributed by atoms with Gasteiger partial charge in [-0.15, -0.1) is 0 Å². The van der Waals surface area contributed by atoms with E-state index in [4.69, 9.17) is 4.74 Å². The van der Waals surface area contributed by atoms with Gasteiger partial charge in [-0.25, -0.2) is 0 Å². The lowest BCUT2D eigenvalue weighted by Crippen LogP contribution is -2.04. The van der Waals surface area contributed by atoms with Gasteiger partial charge in [-0.2, -0.15) is 0 Å². The van der Waals surface area contributed by atoms with E-state index in [1.54, 1.807) is 11.6 Å². The van der Waals surface area contributed by atoms with Crippen molar-refractivity contribution in [2.24, 2.45) is 7.05 Å². The van der Waals surface area contributed by atoms with Crippen LogP contribution in [0.1, 0.15) is 11.8 Å². The molecular formula is C7H11NO2S. The summed E-state index contributed by atoms with van der Waals surface area (Å²) in [5.74, 6) is 0. The van der Waals surface area contributed by atoms with E-state index in [1.165, 1.54) is 11.3 Å². The molecule has 0 spiro atoms. The Hall–Kier alpha value is -0.610. The highest BCUT2D eigenvalue weighted by Crippen LogP contribution is 2.03. The summed E-state index contributed by atoms with van der Waals surface area (Å²) in [6.45, 7) is 3.18. The molecule has 0 aromatic carbocycles. The van der Waals surface area contributed by atoms with Gasteiger partial charge in [0.15, 0.2) is 0 Å². The Labute approximate surface area is 69.2 Å². The van der Waals surface area contributed by atoms with Gasteiger partial charge in [-0.1, -0.05) is 11.3 Å². The SMILES string of the molecule is CCOCc1cn(C)c(=O)s1. The second-order valence-electron chi connectivity index (χ2n) is 2.21. The van der Waals surface area contributed by atoms with E-state index in [1.807, 2.05) is 13.1 Å². The van der Waals surface area contributed by atoms with Crippen molar-refractivity contribution in [2.75, 3.05) is 6.61 Å². The van der Waals surface area contributed by atoms with Crippen molar-refractivity contribution in [3.63, 3.8) is 0 Å². The smallest absolute Gasteiger partial charge is 0.307 e. The van der Waals surface area contributed by atoms with Gasteiger partial charge in [0.25, 0.3) is 0 Å². The number of rotatable bonds is 3. The largest absolute Gasteiger partial charge is 0.376 e. The maximum atomic E-state index is 10.9. The van der Waals surface area contributed by atoms with Crippen LogP contribution in [0.25, 0.3) is 0 Å². The van der Waals surface area contributed by atoms with Crippen molar-refractivity contribution in [1.82, 2.24) is 4.57 Å². The number of ether oxygens (including phenoxy) is 1. The first-order valence-electron chi connectivity index (χ1n) is 3.47. The monoisotopic (exact) mass is 173 g/mol. The van der Waals surface area contributed by atoms with Crippen molar-refractivity contribution < 1.29 is 4.74 Å². The van der Waals surface area contributed by atoms with Crippen LogP contribution in [-0.2, 0) is 18.4 Å². The first-order chi connectivity index (χ1) is 5.24. The zero-order valence-corrected chi connectivity index (χ0v) is 7.48. The quantitative estimate of drug-likeness (QED) is 0.682. The lowest BCUT2D eigenvalue weighted by Gasteiger charge is -1.94. The Bertz CT molecular complexity index is 276. The van der Waals surface area contributed by atoms with E-state index in [2.05, 4.69) is 0 Å². The predicted octanol–water partition coefficient (Wildman–Crippen LogP) is 0.983. The number of aromatic nitrogens is 1. The molecule has 0 N–H and O–H groups in total. The summed E-state index contributed by atoms with van der Waals surface area (Å²) in [5.41, 5.74) is 0. The molecule has 0 amide bonds. The Morgan fingerprint density at radius 2 is 2.45 bits per heavy atom. The molecule has 0 aliphatic rings. The van der Waals surface area contributed by atoms with Gasteiger partial charge in [-0.05, 0) is 6.92 Å². The fraction of sp³-hybridized carbons (Fsp3) is 0.571. The van der Waals surface area contributed by atoms with Crippen LogP contribution in [0.15, 0.2) is 11.0 Å². The minimum atomic E-state index is 0.0692. The van der Waals surface area contributed by atoms with Gasteiger partial charge in [-0.3, -0.25) is 4.79 Å². The average Bonchev–Trinajstić information content (AvgIpc) is 2.28. The normalized spacial score (nSPS) is 10.4. The molecule has 3 nitrogen and oxygen atoms in total. The number of thiazole rings is 1. The second kappa shape index (κ2) is 3.69. The molecule has 0 aliphatic heterocycles. The molecule has 0 aliphatic carbocycles.